The van der Waals surface area contributed by atoms with Crippen LogP contribution in [-0.2, 0) is 9.53 Å². The Balaban J connectivity index is 2.78. The summed E-state index contributed by atoms with van der Waals surface area (Å²) in [5.41, 5.74) is -0.101. The van der Waals surface area contributed by atoms with Crippen molar-refractivity contribution in [2.75, 3.05) is 0 Å². The Kier molecular flexibility index (Phi) is 5.03. The van der Waals surface area contributed by atoms with E-state index in [9.17, 15) is 14.0 Å². The van der Waals surface area contributed by atoms with E-state index in [1.54, 1.807) is 26.8 Å². The van der Waals surface area contributed by atoms with Crippen molar-refractivity contribution in [1.29, 1.82) is 0 Å². The highest BCUT2D eigenvalue weighted by molar-refractivity contribution is 5.69. The van der Waals surface area contributed by atoms with Gasteiger partial charge in [0.2, 0.25) is 0 Å². The number of ether oxygens (including phenoxy) is 1. The summed E-state index contributed by atoms with van der Waals surface area (Å²) in [6, 6.07) is 5.16. The third kappa shape index (κ3) is 5.50. The molecule has 0 aliphatic heterocycles. The van der Waals surface area contributed by atoms with E-state index < -0.39 is 23.6 Å². The monoisotopic (exact) mass is 267 g/mol. The summed E-state index contributed by atoms with van der Waals surface area (Å²) in [5, 5.41) is 2.56. The molecule has 1 amide bonds. The Morgan fingerprint density at radius 3 is 2.68 bits per heavy atom. The van der Waals surface area contributed by atoms with Crippen LogP contribution in [0.3, 0.4) is 0 Å². The fourth-order valence-corrected chi connectivity index (χ4v) is 1.55. The molecule has 1 N–H and O–H groups in total. The molecule has 0 aliphatic carbocycles. The quantitative estimate of drug-likeness (QED) is 0.853. The van der Waals surface area contributed by atoms with Gasteiger partial charge in [0.25, 0.3) is 0 Å². The van der Waals surface area contributed by atoms with Crippen molar-refractivity contribution in [2.24, 2.45) is 0 Å². The van der Waals surface area contributed by atoms with Crippen molar-refractivity contribution >= 4 is 12.4 Å². The molecule has 0 bridgehead atoms. The van der Waals surface area contributed by atoms with Crippen LogP contribution in [0, 0.1) is 5.82 Å². The second kappa shape index (κ2) is 6.31. The van der Waals surface area contributed by atoms with Crippen molar-refractivity contribution in [3.05, 3.63) is 35.6 Å². The van der Waals surface area contributed by atoms with Gasteiger partial charge in [-0.2, -0.15) is 0 Å². The molecule has 104 valence electrons. The van der Waals surface area contributed by atoms with Crippen molar-refractivity contribution < 1.29 is 18.7 Å². The highest BCUT2D eigenvalue weighted by Crippen LogP contribution is 2.18. The first-order valence-electron chi connectivity index (χ1n) is 6.00. The number of alkyl carbamates (subject to hydrolysis) is 1. The number of hydrogen-bond acceptors (Lipinski definition) is 3. The van der Waals surface area contributed by atoms with E-state index >= 15 is 0 Å². The molecule has 0 radical (unpaired) electrons. The zero-order valence-electron chi connectivity index (χ0n) is 11.3. The molecular formula is C14H18FNO3. The molecule has 0 aromatic heterocycles. The maximum absolute atomic E-state index is 13.1. The number of nitrogens with one attached hydrogen (secondary N) is 1. The van der Waals surface area contributed by atoms with Crippen molar-refractivity contribution in [1.82, 2.24) is 5.32 Å². The average molecular weight is 267 g/mol. The summed E-state index contributed by atoms with van der Waals surface area (Å²) in [6.07, 6.45) is 0.0962. The number of carbonyl (C=O) groups is 2. The van der Waals surface area contributed by atoms with Crippen LogP contribution in [0.25, 0.3) is 0 Å². The zero-order chi connectivity index (χ0) is 14.5. The van der Waals surface area contributed by atoms with Crippen LogP contribution in [0.15, 0.2) is 24.3 Å². The van der Waals surface area contributed by atoms with Gasteiger partial charge >= 0.3 is 6.09 Å². The molecule has 4 nitrogen and oxygen atoms in total. The van der Waals surface area contributed by atoms with Crippen LogP contribution in [0.2, 0.25) is 0 Å². The molecule has 5 heteroatoms. The molecule has 0 saturated heterocycles. The third-order valence-electron chi connectivity index (χ3n) is 2.27. The summed E-state index contributed by atoms with van der Waals surface area (Å²) in [7, 11) is 0. The lowest BCUT2D eigenvalue weighted by Gasteiger charge is -2.23. The van der Waals surface area contributed by atoms with Gasteiger partial charge in [0, 0.05) is 6.42 Å². The van der Waals surface area contributed by atoms with Gasteiger partial charge in [0.15, 0.2) is 0 Å². The largest absolute Gasteiger partial charge is 0.444 e. The first-order valence-corrected chi connectivity index (χ1v) is 6.00. The maximum Gasteiger partial charge on any atom is 0.408 e. The average Bonchev–Trinajstić information content (AvgIpc) is 2.26. The highest BCUT2D eigenvalue weighted by Gasteiger charge is 2.20. The standard InChI is InChI=1S/C14H18FNO3/c1-14(2,3)19-13(18)16-12(7-8-17)10-5-4-6-11(15)9-10/h4-6,8-9,12H,7H2,1-3H3,(H,16,18). The van der Waals surface area contributed by atoms with Crippen LogP contribution in [-0.4, -0.2) is 18.0 Å². The SMILES string of the molecule is CC(C)(C)OC(=O)NC(CC=O)c1cccc(F)c1. The van der Waals surface area contributed by atoms with E-state index in [4.69, 9.17) is 4.74 Å². The van der Waals surface area contributed by atoms with Gasteiger partial charge in [-0.05, 0) is 38.5 Å². The smallest absolute Gasteiger partial charge is 0.408 e. The minimum atomic E-state index is -0.636. The first-order chi connectivity index (χ1) is 8.81. The summed E-state index contributed by atoms with van der Waals surface area (Å²) >= 11 is 0. The number of amides is 1. The number of aldehydes is 1. The second-order valence-corrected chi connectivity index (χ2v) is 5.16. The van der Waals surface area contributed by atoms with Crippen LogP contribution < -0.4 is 5.32 Å². The van der Waals surface area contributed by atoms with Gasteiger partial charge in [0.05, 0.1) is 6.04 Å². The van der Waals surface area contributed by atoms with Crippen LogP contribution in [0.1, 0.15) is 38.8 Å². The zero-order valence-corrected chi connectivity index (χ0v) is 11.3. The fraction of sp³-hybridized carbons (Fsp3) is 0.429. The highest BCUT2D eigenvalue weighted by atomic mass is 19.1. The second-order valence-electron chi connectivity index (χ2n) is 5.16. The topological polar surface area (TPSA) is 55.4 Å². The predicted molar refractivity (Wildman–Crippen MR) is 69.2 cm³/mol. The van der Waals surface area contributed by atoms with Crippen LogP contribution >= 0.6 is 0 Å². The normalized spacial score (nSPS) is 12.6. The first kappa shape index (κ1) is 15.1. The molecule has 0 aliphatic rings. The van der Waals surface area contributed by atoms with Gasteiger partial charge in [0.1, 0.15) is 17.7 Å². The summed E-state index contributed by atoms with van der Waals surface area (Å²) < 4.78 is 18.3. The number of hydrogen-bond donors (Lipinski definition) is 1. The Morgan fingerprint density at radius 1 is 1.47 bits per heavy atom. The van der Waals surface area contributed by atoms with Crippen LogP contribution in [0.4, 0.5) is 9.18 Å². The Labute approximate surface area is 112 Å². The Bertz CT molecular complexity index is 454. The molecule has 1 atom stereocenters. The van der Waals surface area contributed by atoms with Gasteiger partial charge < -0.3 is 14.8 Å². The fourth-order valence-electron chi connectivity index (χ4n) is 1.55. The van der Waals surface area contributed by atoms with E-state index in [2.05, 4.69) is 5.32 Å². The molecule has 1 rings (SSSR count). The Hall–Kier alpha value is -1.91. The minimum absolute atomic E-state index is 0.0582. The molecular weight excluding hydrogens is 249 g/mol. The van der Waals surface area contributed by atoms with E-state index in [-0.39, 0.29) is 6.42 Å². The third-order valence-corrected chi connectivity index (χ3v) is 2.27. The molecule has 0 saturated carbocycles. The van der Waals surface area contributed by atoms with Gasteiger partial charge in [-0.3, -0.25) is 0 Å². The van der Waals surface area contributed by atoms with E-state index in [1.807, 2.05) is 0 Å². The summed E-state index contributed by atoms with van der Waals surface area (Å²) in [5.74, 6) is -0.417. The number of benzene rings is 1. The molecule has 0 heterocycles. The van der Waals surface area contributed by atoms with Crippen LogP contribution in [0.5, 0.6) is 0 Å². The van der Waals surface area contributed by atoms with Gasteiger partial charge in [-0.15, -0.1) is 0 Å². The number of rotatable bonds is 4. The van der Waals surface area contributed by atoms with Crippen molar-refractivity contribution in [3.63, 3.8) is 0 Å². The van der Waals surface area contributed by atoms with Gasteiger partial charge in [-0.1, -0.05) is 12.1 Å². The maximum atomic E-state index is 13.1. The molecule has 19 heavy (non-hydrogen) atoms. The van der Waals surface area contributed by atoms with E-state index in [1.165, 1.54) is 18.2 Å². The molecule has 1 unspecified atom stereocenters. The lowest BCUT2D eigenvalue weighted by molar-refractivity contribution is -0.108. The molecule has 1 aromatic rings. The lowest BCUT2D eigenvalue weighted by atomic mass is 10.0. The molecule has 0 spiro atoms. The predicted octanol–water partition coefficient (Wildman–Crippen LogP) is 2.98. The van der Waals surface area contributed by atoms with Crippen molar-refractivity contribution in [3.8, 4) is 0 Å². The van der Waals surface area contributed by atoms with E-state index in [0.29, 0.717) is 11.8 Å². The van der Waals surface area contributed by atoms with E-state index in [0.717, 1.165) is 0 Å². The van der Waals surface area contributed by atoms with Crippen molar-refractivity contribution in [2.45, 2.75) is 38.8 Å². The lowest BCUT2D eigenvalue weighted by Crippen LogP contribution is -2.35. The number of carbonyl (C=O) groups excluding carboxylic acids is 2. The Morgan fingerprint density at radius 2 is 2.16 bits per heavy atom. The minimum Gasteiger partial charge on any atom is -0.444 e. The summed E-state index contributed by atoms with van der Waals surface area (Å²) in [6.45, 7) is 5.22. The number of halogens is 1. The summed E-state index contributed by atoms with van der Waals surface area (Å²) in [4.78, 5) is 22.3. The van der Waals surface area contributed by atoms with Gasteiger partial charge in [-0.25, -0.2) is 9.18 Å². The molecule has 0 fully saturated rings. The molecule has 1 aromatic carbocycles.